The van der Waals surface area contributed by atoms with Crippen molar-refractivity contribution >= 4 is 40.9 Å². The van der Waals surface area contributed by atoms with E-state index in [0.717, 1.165) is 0 Å². The van der Waals surface area contributed by atoms with Gasteiger partial charge in [0.15, 0.2) is 0 Å². The molecule has 1 aromatic carbocycles. The minimum absolute atomic E-state index is 0.0122. The first-order valence-corrected chi connectivity index (χ1v) is 8.49. The molecular weight excluding hydrogens is 308 g/mol. The lowest BCUT2D eigenvalue weighted by atomic mass is 10.2. The number of nitrogens with zero attached hydrogens (tertiary/aromatic N) is 2. The summed E-state index contributed by atoms with van der Waals surface area (Å²) in [5.41, 5.74) is 0.713. The van der Waals surface area contributed by atoms with Crippen LogP contribution in [0.5, 0.6) is 0 Å². The molecule has 6 heteroatoms. The predicted octanol–water partition coefficient (Wildman–Crippen LogP) is 2.66. The van der Waals surface area contributed by atoms with Gasteiger partial charge in [-0.15, -0.1) is 0 Å². The van der Waals surface area contributed by atoms with Crippen molar-refractivity contribution in [3.8, 4) is 0 Å². The van der Waals surface area contributed by atoms with Crippen LogP contribution in [-0.2, 0) is 9.59 Å². The van der Waals surface area contributed by atoms with Crippen LogP contribution in [-0.4, -0.2) is 47.9 Å². The number of carbonyl (C=O) groups excluding carboxylic acids is 2. The van der Waals surface area contributed by atoms with E-state index in [2.05, 4.69) is 0 Å². The maximum atomic E-state index is 12.6. The summed E-state index contributed by atoms with van der Waals surface area (Å²) in [6, 6.07) is 6.88. The number of anilines is 1. The van der Waals surface area contributed by atoms with E-state index < -0.39 is 6.04 Å². The Hall–Kier alpha value is -1.20. The van der Waals surface area contributed by atoms with Gasteiger partial charge in [-0.2, -0.15) is 11.8 Å². The van der Waals surface area contributed by atoms with E-state index >= 15 is 0 Å². The monoisotopic (exact) mass is 326 g/mol. The van der Waals surface area contributed by atoms with Crippen molar-refractivity contribution in [2.75, 3.05) is 24.7 Å². The highest BCUT2D eigenvalue weighted by Gasteiger charge is 2.38. The fraction of sp³-hybridized carbons (Fsp3) is 0.467. The summed E-state index contributed by atoms with van der Waals surface area (Å²) in [7, 11) is 1.70. The Morgan fingerprint density at radius 1 is 1.48 bits per heavy atom. The van der Waals surface area contributed by atoms with Crippen LogP contribution in [0.3, 0.4) is 0 Å². The summed E-state index contributed by atoms with van der Waals surface area (Å²) in [6.45, 7) is 2.44. The summed E-state index contributed by atoms with van der Waals surface area (Å²) in [4.78, 5) is 28.0. The van der Waals surface area contributed by atoms with Gasteiger partial charge in [0.05, 0.1) is 16.0 Å². The van der Waals surface area contributed by atoms with Gasteiger partial charge >= 0.3 is 0 Å². The quantitative estimate of drug-likeness (QED) is 0.854. The molecule has 1 saturated heterocycles. The molecule has 2 atom stereocenters. The van der Waals surface area contributed by atoms with Crippen molar-refractivity contribution in [1.82, 2.24) is 4.90 Å². The van der Waals surface area contributed by atoms with Gasteiger partial charge in [0.1, 0.15) is 6.04 Å². The second kappa shape index (κ2) is 6.71. The third kappa shape index (κ3) is 3.19. The number of hydrogen-bond donors (Lipinski definition) is 0. The highest BCUT2D eigenvalue weighted by molar-refractivity contribution is 7.99. The fourth-order valence-corrected chi connectivity index (χ4v) is 3.08. The van der Waals surface area contributed by atoms with Crippen molar-refractivity contribution in [3.63, 3.8) is 0 Å². The van der Waals surface area contributed by atoms with E-state index in [1.54, 1.807) is 22.9 Å². The summed E-state index contributed by atoms with van der Waals surface area (Å²) in [5, 5.41) is 0.412. The molecule has 4 nitrogen and oxygen atoms in total. The average Bonchev–Trinajstić information content (AvgIpc) is 2.87. The highest BCUT2D eigenvalue weighted by atomic mass is 35.5. The van der Waals surface area contributed by atoms with Gasteiger partial charge < -0.3 is 9.80 Å². The molecule has 2 amide bonds. The van der Waals surface area contributed by atoms with Crippen LogP contribution in [0.1, 0.15) is 13.3 Å². The van der Waals surface area contributed by atoms with Crippen LogP contribution in [0.4, 0.5) is 5.69 Å². The lowest BCUT2D eigenvalue weighted by Crippen LogP contribution is -2.45. The Bertz CT molecular complexity index is 552. The standard InChI is InChI=1S/C15H19ClN2O2S/c1-10(21-3)14(19)17(2)13-8-9-18(15(13)20)12-7-5-4-6-11(12)16/h4-7,10,13H,8-9H2,1-3H3/t10-,13+/m1/s1. The van der Waals surface area contributed by atoms with E-state index in [1.165, 1.54) is 11.8 Å². The Morgan fingerprint density at radius 3 is 2.76 bits per heavy atom. The third-order valence-corrected chi connectivity index (χ3v) is 5.07. The number of hydrogen-bond acceptors (Lipinski definition) is 3. The van der Waals surface area contributed by atoms with E-state index in [9.17, 15) is 9.59 Å². The van der Waals surface area contributed by atoms with Gasteiger partial charge in [-0.3, -0.25) is 9.59 Å². The van der Waals surface area contributed by atoms with Gasteiger partial charge in [-0.1, -0.05) is 23.7 Å². The van der Waals surface area contributed by atoms with Gasteiger partial charge in [-0.25, -0.2) is 0 Å². The van der Waals surface area contributed by atoms with Crippen LogP contribution in [0.15, 0.2) is 24.3 Å². The largest absolute Gasteiger partial charge is 0.333 e. The molecular formula is C15H19ClN2O2S. The molecule has 0 radical (unpaired) electrons. The number of thioether (sulfide) groups is 1. The number of carbonyl (C=O) groups is 2. The maximum absolute atomic E-state index is 12.6. The summed E-state index contributed by atoms with van der Waals surface area (Å²) >= 11 is 7.64. The van der Waals surface area contributed by atoms with Gasteiger partial charge in [0.25, 0.3) is 0 Å². The minimum atomic E-state index is -0.400. The molecule has 2 rings (SSSR count). The van der Waals surface area contributed by atoms with Crippen molar-refractivity contribution in [3.05, 3.63) is 29.3 Å². The first-order valence-electron chi connectivity index (χ1n) is 6.82. The zero-order valence-corrected chi connectivity index (χ0v) is 13.9. The second-order valence-electron chi connectivity index (χ2n) is 5.07. The Morgan fingerprint density at radius 2 is 2.14 bits per heavy atom. The summed E-state index contributed by atoms with van der Waals surface area (Å²) in [5.74, 6) is -0.0749. The van der Waals surface area contributed by atoms with Crippen LogP contribution < -0.4 is 4.90 Å². The lowest BCUT2D eigenvalue weighted by molar-refractivity contribution is -0.136. The molecule has 1 aliphatic rings. The second-order valence-corrected chi connectivity index (χ2v) is 6.66. The molecule has 0 unspecified atom stereocenters. The number of halogens is 1. The first kappa shape index (κ1) is 16.2. The average molecular weight is 327 g/mol. The zero-order chi connectivity index (χ0) is 15.6. The normalized spacial score (nSPS) is 19.7. The summed E-state index contributed by atoms with van der Waals surface area (Å²) in [6.07, 6.45) is 2.52. The van der Waals surface area contributed by atoms with E-state index in [1.807, 2.05) is 31.4 Å². The third-order valence-electron chi connectivity index (χ3n) is 3.84. The molecule has 0 N–H and O–H groups in total. The van der Waals surface area contributed by atoms with Crippen molar-refractivity contribution in [2.45, 2.75) is 24.6 Å². The molecule has 1 aliphatic heterocycles. The Labute approximate surface area is 134 Å². The smallest absolute Gasteiger partial charge is 0.249 e. The van der Waals surface area contributed by atoms with E-state index in [0.29, 0.717) is 23.7 Å². The highest BCUT2D eigenvalue weighted by Crippen LogP contribution is 2.30. The first-order chi connectivity index (χ1) is 9.97. The molecule has 0 spiro atoms. The van der Waals surface area contributed by atoms with Crippen LogP contribution >= 0.6 is 23.4 Å². The number of amides is 2. The molecule has 21 heavy (non-hydrogen) atoms. The molecule has 1 aromatic rings. The lowest BCUT2D eigenvalue weighted by Gasteiger charge is -2.26. The van der Waals surface area contributed by atoms with Gasteiger partial charge in [0, 0.05) is 13.6 Å². The SMILES string of the molecule is CS[C@H](C)C(=O)N(C)[C@H]1CCN(c2ccccc2Cl)C1=O. The van der Waals surface area contributed by atoms with Crippen molar-refractivity contribution < 1.29 is 9.59 Å². The van der Waals surface area contributed by atoms with Crippen molar-refractivity contribution in [2.24, 2.45) is 0 Å². The molecule has 1 heterocycles. The van der Waals surface area contributed by atoms with Gasteiger partial charge in [-0.05, 0) is 31.7 Å². The molecule has 114 valence electrons. The predicted molar refractivity (Wildman–Crippen MR) is 88.0 cm³/mol. The Balaban J connectivity index is 2.15. The Kier molecular flexibility index (Phi) is 5.17. The molecule has 1 fully saturated rings. The van der Waals surface area contributed by atoms with Crippen LogP contribution in [0.2, 0.25) is 5.02 Å². The number of para-hydroxylation sites is 1. The molecule has 0 bridgehead atoms. The number of rotatable bonds is 4. The molecule has 0 aliphatic carbocycles. The van der Waals surface area contributed by atoms with E-state index in [-0.39, 0.29) is 17.1 Å². The number of likely N-dealkylation sites (N-methyl/N-ethyl adjacent to an activating group) is 1. The number of benzene rings is 1. The molecule has 0 aromatic heterocycles. The van der Waals surface area contributed by atoms with Crippen LogP contribution in [0, 0.1) is 0 Å². The van der Waals surface area contributed by atoms with Crippen molar-refractivity contribution in [1.29, 1.82) is 0 Å². The fourth-order valence-electron chi connectivity index (χ4n) is 2.48. The molecule has 0 saturated carbocycles. The van der Waals surface area contributed by atoms with E-state index in [4.69, 9.17) is 11.6 Å². The van der Waals surface area contributed by atoms with Crippen LogP contribution in [0.25, 0.3) is 0 Å². The zero-order valence-electron chi connectivity index (χ0n) is 12.4. The summed E-state index contributed by atoms with van der Waals surface area (Å²) < 4.78 is 0. The topological polar surface area (TPSA) is 40.6 Å². The minimum Gasteiger partial charge on any atom is -0.333 e. The van der Waals surface area contributed by atoms with Gasteiger partial charge in [0.2, 0.25) is 11.8 Å². The maximum Gasteiger partial charge on any atom is 0.249 e.